The summed E-state index contributed by atoms with van der Waals surface area (Å²) in [5, 5.41) is 0. The second-order valence-corrected chi connectivity index (χ2v) is 4.92. The molecule has 0 saturated heterocycles. The van der Waals surface area contributed by atoms with E-state index in [1.807, 2.05) is 0 Å². The number of carbonyl (C=O) groups is 1. The summed E-state index contributed by atoms with van der Waals surface area (Å²) < 4.78 is 4.80. The van der Waals surface area contributed by atoms with Gasteiger partial charge in [0.15, 0.2) is 0 Å². The van der Waals surface area contributed by atoms with E-state index in [0.29, 0.717) is 11.8 Å². The maximum atomic E-state index is 11.4. The van der Waals surface area contributed by atoms with E-state index >= 15 is 0 Å². The maximum Gasteiger partial charge on any atom is 0.306 e. The Kier molecular flexibility index (Phi) is 5.13. The first-order chi connectivity index (χ1) is 7.22. The fourth-order valence-electron chi connectivity index (χ4n) is 2.77. The van der Waals surface area contributed by atoms with Crippen molar-refractivity contribution in [1.82, 2.24) is 0 Å². The normalized spacial score (nSPS) is 19.1. The van der Waals surface area contributed by atoms with Crippen molar-refractivity contribution in [3.8, 4) is 0 Å². The van der Waals surface area contributed by atoms with Crippen LogP contribution in [0.1, 0.15) is 64.7 Å². The predicted octanol–water partition coefficient (Wildman–Crippen LogP) is 3.69. The zero-order chi connectivity index (χ0) is 11.1. The fourth-order valence-corrected chi connectivity index (χ4v) is 2.77. The lowest BCUT2D eigenvalue weighted by molar-refractivity contribution is -0.143. The highest BCUT2D eigenvalue weighted by Gasteiger charge is 2.35. The lowest BCUT2D eigenvalue weighted by Gasteiger charge is -2.27. The molecule has 0 aliphatic heterocycles. The Balaban J connectivity index is 2.42. The Hall–Kier alpha value is -0.530. The first kappa shape index (κ1) is 12.5. The minimum atomic E-state index is -0.0200. The molecule has 0 radical (unpaired) electrons. The van der Waals surface area contributed by atoms with E-state index < -0.39 is 0 Å². The molecular formula is C13H24O2. The Bertz CT molecular complexity index is 193. The molecule has 0 aromatic carbocycles. The summed E-state index contributed by atoms with van der Waals surface area (Å²) in [5.41, 5.74) is 0.294. The molecule has 15 heavy (non-hydrogen) atoms. The van der Waals surface area contributed by atoms with Gasteiger partial charge >= 0.3 is 5.97 Å². The molecule has 0 amide bonds. The average molecular weight is 212 g/mol. The number of hydrogen-bond donors (Lipinski definition) is 0. The SMILES string of the molecule is CCCCCC1(CC(=O)OC)CCCC1. The summed E-state index contributed by atoms with van der Waals surface area (Å²) in [6, 6.07) is 0. The molecule has 1 fully saturated rings. The highest BCUT2D eigenvalue weighted by molar-refractivity contribution is 5.70. The van der Waals surface area contributed by atoms with E-state index in [9.17, 15) is 4.79 Å². The van der Waals surface area contributed by atoms with Crippen molar-refractivity contribution in [3.63, 3.8) is 0 Å². The van der Waals surface area contributed by atoms with Gasteiger partial charge in [0.25, 0.3) is 0 Å². The predicted molar refractivity (Wildman–Crippen MR) is 61.7 cm³/mol. The third kappa shape index (κ3) is 3.84. The highest BCUT2D eigenvalue weighted by atomic mass is 16.5. The summed E-state index contributed by atoms with van der Waals surface area (Å²) in [7, 11) is 1.50. The van der Waals surface area contributed by atoms with Crippen LogP contribution in [0.3, 0.4) is 0 Å². The van der Waals surface area contributed by atoms with Crippen molar-refractivity contribution in [3.05, 3.63) is 0 Å². The standard InChI is InChI=1S/C13H24O2/c1-3-4-5-8-13(9-6-7-10-13)11-12(14)15-2/h3-11H2,1-2H3. The fraction of sp³-hybridized carbons (Fsp3) is 0.923. The van der Waals surface area contributed by atoms with Crippen LogP contribution in [0.4, 0.5) is 0 Å². The Labute approximate surface area is 93.4 Å². The molecule has 1 aliphatic carbocycles. The van der Waals surface area contributed by atoms with Gasteiger partial charge in [-0.2, -0.15) is 0 Å². The number of hydrogen-bond acceptors (Lipinski definition) is 2. The van der Waals surface area contributed by atoms with Crippen molar-refractivity contribution < 1.29 is 9.53 Å². The number of carbonyl (C=O) groups excluding carboxylic acids is 1. The van der Waals surface area contributed by atoms with Gasteiger partial charge in [0.05, 0.1) is 13.5 Å². The maximum absolute atomic E-state index is 11.4. The molecule has 88 valence electrons. The van der Waals surface area contributed by atoms with E-state index in [-0.39, 0.29) is 5.97 Å². The van der Waals surface area contributed by atoms with E-state index in [1.54, 1.807) is 0 Å². The minimum Gasteiger partial charge on any atom is -0.469 e. The molecule has 0 spiro atoms. The van der Waals surface area contributed by atoms with E-state index in [1.165, 1.54) is 58.5 Å². The van der Waals surface area contributed by atoms with Crippen LogP contribution in [0.2, 0.25) is 0 Å². The molecule has 0 heterocycles. The molecule has 0 atom stereocenters. The topological polar surface area (TPSA) is 26.3 Å². The molecule has 1 saturated carbocycles. The van der Waals surface area contributed by atoms with Gasteiger partial charge in [-0.25, -0.2) is 0 Å². The second-order valence-electron chi connectivity index (χ2n) is 4.92. The lowest BCUT2D eigenvalue weighted by Crippen LogP contribution is -2.21. The number of methoxy groups -OCH3 is 1. The molecular weight excluding hydrogens is 188 g/mol. The van der Waals surface area contributed by atoms with Gasteiger partial charge in [-0.3, -0.25) is 4.79 Å². The zero-order valence-corrected chi connectivity index (χ0v) is 10.2. The van der Waals surface area contributed by atoms with Crippen molar-refractivity contribution in [2.24, 2.45) is 5.41 Å². The molecule has 0 aromatic rings. The molecule has 0 bridgehead atoms. The Morgan fingerprint density at radius 1 is 1.27 bits per heavy atom. The van der Waals surface area contributed by atoms with Crippen molar-refractivity contribution in [1.29, 1.82) is 0 Å². The largest absolute Gasteiger partial charge is 0.469 e. The van der Waals surface area contributed by atoms with Crippen molar-refractivity contribution in [2.75, 3.05) is 7.11 Å². The van der Waals surface area contributed by atoms with Gasteiger partial charge in [0.1, 0.15) is 0 Å². The van der Waals surface area contributed by atoms with Crippen LogP contribution in [0, 0.1) is 5.41 Å². The smallest absolute Gasteiger partial charge is 0.306 e. The number of ether oxygens (including phenoxy) is 1. The lowest BCUT2D eigenvalue weighted by atomic mass is 9.78. The summed E-state index contributed by atoms with van der Waals surface area (Å²) in [6.45, 7) is 2.22. The van der Waals surface area contributed by atoms with Gasteiger partial charge in [-0.1, -0.05) is 39.0 Å². The summed E-state index contributed by atoms with van der Waals surface area (Å²) in [4.78, 5) is 11.4. The minimum absolute atomic E-state index is 0.0200. The van der Waals surface area contributed by atoms with Gasteiger partial charge in [-0.05, 0) is 24.7 Å². The third-order valence-electron chi connectivity index (χ3n) is 3.72. The Morgan fingerprint density at radius 3 is 2.47 bits per heavy atom. The van der Waals surface area contributed by atoms with Crippen LogP contribution in [0.25, 0.3) is 0 Å². The number of unbranched alkanes of at least 4 members (excludes halogenated alkanes) is 2. The van der Waals surface area contributed by atoms with Crippen LogP contribution in [0.15, 0.2) is 0 Å². The molecule has 0 N–H and O–H groups in total. The van der Waals surface area contributed by atoms with E-state index in [2.05, 4.69) is 6.92 Å². The van der Waals surface area contributed by atoms with Crippen LogP contribution >= 0.6 is 0 Å². The van der Waals surface area contributed by atoms with Crippen LogP contribution in [-0.2, 0) is 9.53 Å². The molecule has 1 aliphatic rings. The van der Waals surface area contributed by atoms with Gasteiger partial charge < -0.3 is 4.74 Å². The average Bonchev–Trinajstić information content (AvgIpc) is 2.67. The monoisotopic (exact) mass is 212 g/mol. The van der Waals surface area contributed by atoms with E-state index in [0.717, 1.165) is 0 Å². The summed E-state index contributed by atoms with van der Waals surface area (Å²) in [5.74, 6) is -0.0200. The van der Waals surface area contributed by atoms with E-state index in [4.69, 9.17) is 4.74 Å². The summed E-state index contributed by atoms with van der Waals surface area (Å²) >= 11 is 0. The quantitative estimate of drug-likeness (QED) is 0.496. The molecule has 2 heteroatoms. The third-order valence-corrected chi connectivity index (χ3v) is 3.72. The van der Waals surface area contributed by atoms with Gasteiger partial charge in [-0.15, -0.1) is 0 Å². The summed E-state index contributed by atoms with van der Waals surface area (Å²) in [6.07, 6.45) is 10.7. The molecule has 0 aromatic heterocycles. The van der Waals surface area contributed by atoms with Crippen LogP contribution in [0.5, 0.6) is 0 Å². The van der Waals surface area contributed by atoms with Crippen molar-refractivity contribution >= 4 is 5.97 Å². The van der Waals surface area contributed by atoms with Crippen molar-refractivity contribution in [2.45, 2.75) is 64.7 Å². The highest BCUT2D eigenvalue weighted by Crippen LogP contribution is 2.45. The van der Waals surface area contributed by atoms with Gasteiger partial charge in [0, 0.05) is 0 Å². The van der Waals surface area contributed by atoms with Gasteiger partial charge in [0.2, 0.25) is 0 Å². The molecule has 0 unspecified atom stereocenters. The van der Waals surface area contributed by atoms with Crippen LogP contribution in [-0.4, -0.2) is 13.1 Å². The van der Waals surface area contributed by atoms with Crippen LogP contribution < -0.4 is 0 Å². The molecule has 2 nitrogen and oxygen atoms in total. The number of rotatable bonds is 6. The first-order valence-electron chi connectivity index (χ1n) is 6.29. The number of esters is 1. The Morgan fingerprint density at radius 2 is 1.93 bits per heavy atom. The zero-order valence-electron chi connectivity index (χ0n) is 10.2. The first-order valence-corrected chi connectivity index (χ1v) is 6.29. The molecule has 1 rings (SSSR count). The second kappa shape index (κ2) is 6.14.